The minimum atomic E-state index is 0.0653. The Bertz CT molecular complexity index is 662. The second kappa shape index (κ2) is 4.78. The number of rotatable bonds is 2. The first kappa shape index (κ1) is 12.4. The van der Waals surface area contributed by atoms with E-state index in [4.69, 9.17) is 4.98 Å². The maximum atomic E-state index is 12.4. The van der Waals surface area contributed by atoms with Crippen molar-refractivity contribution in [3.63, 3.8) is 0 Å². The molecule has 1 aliphatic heterocycles. The Kier molecular flexibility index (Phi) is 3.11. The largest absolute Gasteiger partial charge is 0.303 e. The molecule has 1 aromatic carbocycles. The van der Waals surface area contributed by atoms with Crippen LogP contribution in [-0.2, 0) is 7.05 Å². The number of aromatic nitrogens is 2. The standard InChI is InChI=1S/C15H19N3O/c1-3-18-9-8-11(10-18)14-16-13-7-5-4-6-12(13)15(19)17(14)2/h4-7,11H,3,8-10H2,1-2H3. The molecule has 0 N–H and O–H groups in total. The fourth-order valence-electron chi connectivity index (χ4n) is 2.93. The number of hydrogen-bond donors (Lipinski definition) is 0. The third-order valence-corrected chi connectivity index (χ3v) is 4.10. The minimum Gasteiger partial charge on any atom is -0.303 e. The van der Waals surface area contributed by atoms with Crippen LogP contribution in [0.15, 0.2) is 29.1 Å². The zero-order valence-electron chi connectivity index (χ0n) is 11.5. The van der Waals surface area contributed by atoms with Gasteiger partial charge in [0.25, 0.3) is 5.56 Å². The summed E-state index contributed by atoms with van der Waals surface area (Å²) < 4.78 is 1.73. The van der Waals surface area contributed by atoms with E-state index in [9.17, 15) is 4.79 Å². The summed E-state index contributed by atoms with van der Waals surface area (Å²) in [5, 5.41) is 0.707. The van der Waals surface area contributed by atoms with Crippen molar-refractivity contribution < 1.29 is 0 Å². The second-order valence-electron chi connectivity index (χ2n) is 5.23. The van der Waals surface area contributed by atoms with E-state index in [2.05, 4.69) is 11.8 Å². The van der Waals surface area contributed by atoms with Gasteiger partial charge in [-0.1, -0.05) is 19.1 Å². The van der Waals surface area contributed by atoms with Crippen LogP contribution in [-0.4, -0.2) is 34.1 Å². The summed E-state index contributed by atoms with van der Waals surface area (Å²) in [4.78, 5) is 19.5. The molecule has 4 heteroatoms. The van der Waals surface area contributed by atoms with Gasteiger partial charge < -0.3 is 4.90 Å². The van der Waals surface area contributed by atoms with Gasteiger partial charge in [0.05, 0.1) is 10.9 Å². The lowest BCUT2D eigenvalue weighted by atomic mass is 10.1. The fraction of sp³-hybridized carbons (Fsp3) is 0.467. The van der Waals surface area contributed by atoms with E-state index >= 15 is 0 Å². The average Bonchev–Trinajstić information content (AvgIpc) is 2.91. The first-order valence-electron chi connectivity index (χ1n) is 6.88. The molecule has 2 aromatic rings. The summed E-state index contributed by atoms with van der Waals surface area (Å²) in [7, 11) is 1.84. The lowest BCUT2D eigenvalue weighted by Crippen LogP contribution is -2.26. The highest BCUT2D eigenvalue weighted by Gasteiger charge is 2.26. The van der Waals surface area contributed by atoms with Crippen molar-refractivity contribution in [1.82, 2.24) is 14.5 Å². The van der Waals surface area contributed by atoms with Crippen molar-refractivity contribution in [3.05, 3.63) is 40.4 Å². The van der Waals surface area contributed by atoms with E-state index in [0.717, 1.165) is 37.4 Å². The van der Waals surface area contributed by atoms with Crippen molar-refractivity contribution in [2.75, 3.05) is 19.6 Å². The van der Waals surface area contributed by atoms with Gasteiger partial charge in [-0.15, -0.1) is 0 Å². The van der Waals surface area contributed by atoms with Gasteiger partial charge >= 0.3 is 0 Å². The highest BCUT2D eigenvalue weighted by atomic mass is 16.1. The van der Waals surface area contributed by atoms with Crippen LogP contribution in [0.4, 0.5) is 0 Å². The third-order valence-electron chi connectivity index (χ3n) is 4.10. The molecule has 1 unspecified atom stereocenters. The van der Waals surface area contributed by atoms with Gasteiger partial charge in [-0.2, -0.15) is 0 Å². The summed E-state index contributed by atoms with van der Waals surface area (Å²) in [6.45, 7) is 5.35. The van der Waals surface area contributed by atoms with E-state index in [1.165, 1.54) is 0 Å². The molecule has 1 aliphatic rings. The number of benzene rings is 1. The smallest absolute Gasteiger partial charge is 0.261 e. The molecule has 100 valence electrons. The topological polar surface area (TPSA) is 38.1 Å². The molecular formula is C15H19N3O. The Hall–Kier alpha value is -1.68. The number of likely N-dealkylation sites (N-methyl/N-ethyl adjacent to an activating group) is 1. The highest BCUT2D eigenvalue weighted by Crippen LogP contribution is 2.25. The van der Waals surface area contributed by atoms with E-state index in [1.807, 2.05) is 31.3 Å². The molecule has 4 nitrogen and oxygen atoms in total. The van der Waals surface area contributed by atoms with E-state index in [-0.39, 0.29) is 5.56 Å². The van der Waals surface area contributed by atoms with Crippen LogP contribution in [0.3, 0.4) is 0 Å². The molecule has 0 amide bonds. The maximum Gasteiger partial charge on any atom is 0.261 e. The zero-order chi connectivity index (χ0) is 13.4. The van der Waals surface area contributed by atoms with Crippen molar-refractivity contribution in [1.29, 1.82) is 0 Å². The Balaban J connectivity index is 2.10. The predicted molar refractivity (Wildman–Crippen MR) is 76.5 cm³/mol. The molecule has 1 aromatic heterocycles. The molecule has 1 fully saturated rings. The molecule has 0 saturated carbocycles. The van der Waals surface area contributed by atoms with Crippen LogP contribution < -0.4 is 5.56 Å². The van der Waals surface area contributed by atoms with Gasteiger partial charge in [0.2, 0.25) is 0 Å². The summed E-state index contributed by atoms with van der Waals surface area (Å²) in [6, 6.07) is 7.60. The third kappa shape index (κ3) is 2.06. The summed E-state index contributed by atoms with van der Waals surface area (Å²) in [6.07, 6.45) is 1.09. The zero-order valence-corrected chi connectivity index (χ0v) is 11.5. The lowest BCUT2D eigenvalue weighted by Gasteiger charge is -2.16. The molecule has 3 rings (SSSR count). The number of fused-ring (bicyclic) bond motifs is 1. The second-order valence-corrected chi connectivity index (χ2v) is 5.23. The van der Waals surface area contributed by atoms with Crippen LogP contribution >= 0.6 is 0 Å². The lowest BCUT2D eigenvalue weighted by molar-refractivity contribution is 0.351. The van der Waals surface area contributed by atoms with Crippen LogP contribution in [0.5, 0.6) is 0 Å². The molecular weight excluding hydrogens is 238 g/mol. The predicted octanol–water partition coefficient (Wildman–Crippen LogP) is 1.74. The van der Waals surface area contributed by atoms with Gasteiger partial charge in [0.1, 0.15) is 5.82 Å². The van der Waals surface area contributed by atoms with E-state index < -0.39 is 0 Å². The van der Waals surface area contributed by atoms with Crippen LogP contribution in [0.2, 0.25) is 0 Å². The highest BCUT2D eigenvalue weighted by molar-refractivity contribution is 5.77. The Labute approximate surface area is 112 Å². The number of para-hydroxylation sites is 1. The number of likely N-dealkylation sites (tertiary alicyclic amines) is 1. The van der Waals surface area contributed by atoms with Crippen LogP contribution in [0.1, 0.15) is 25.1 Å². The van der Waals surface area contributed by atoms with Crippen molar-refractivity contribution in [3.8, 4) is 0 Å². The minimum absolute atomic E-state index is 0.0653. The number of hydrogen-bond acceptors (Lipinski definition) is 3. The van der Waals surface area contributed by atoms with Gasteiger partial charge in [0.15, 0.2) is 0 Å². The van der Waals surface area contributed by atoms with Gasteiger partial charge in [-0.05, 0) is 31.6 Å². The summed E-state index contributed by atoms with van der Waals surface area (Å²) in [5.74, 6) is 1.31. The molecule has 0 bridgehead atoms. The first-order valence-corrected chi connectivity index (χ1v) is 6.88. The first-order chi connectivity index (χ1) is 9.20. The van der Waals surface area contributed by atoms with Crippen molar-refractivity contribution in [2.45, 2.75) is 19.3 Å². The summed E-state index contributed by atoms with van der Waals surface area (Å²) >= 11 is 0. The van der Waals surface area contributed by atoms with Crippen LogP contribution in [0.25, 0.3) is 10.9 Å². The van der Waals surface area contributed by atoms with Gasteiger partial charge in [-0.3, -0.25) is 9.36 Å². The van der Waals surface area contributed by atoms with Gasteiger partial charge in [0, 0.05) is 19.5 Å². The SMILES string of the molecule is CCN1CCC(c2nc3ccccc3c(=O)n2C)C1. The average molecular weight is 257 g/mol. The molecule has 0 radical (unpaired) electrons. The van der Waals surface area contributed by atoms with E-state index in [1.54, 1.807) is 4.57 Å². The number of nitrogens with zero attached hydrogens (tertiary/aromatic N) is 3. The maximum absolute atomic E-state index is 12.4. The Morgan fingerprint density at radius 2 is 2.16 bits per heavy atom. The van der Waals surface area contributed by atoms with Gasteiger partial charge in [-0.25, -0.2) is 4.98 Å². The quantitative estimate of drug-likeness (QED) is 0.822. The monoisotopic (exact) mass is 257 g/mol. The molecule has 2 heterocycles. The van der Waals surface area contributed by atoms with Crippen molar-refractivity contribution in [2.24, 2.45) is 7.05 Å². The summed E-state index contributed by atoms with van der Waals surface area (Å²) in [5.41, 5.74) is 0.881. The fourth-order valence-corrected chi connectivity index (χ4v) is 2.93. The Morgan fingerprint density at radius 3 is 2.89 bits per heavy atom. The normalized spacial score (nSPS) is 20.2. The van der Waals surface area contributed by atoms with Crippen molar-refractivity contribution >= 4 is 10.9 Å². The molecule has 0 spiro atoms. The Morgan fingerprint density at radius 1 is 1.37 bits per heavy atom. The van der Waals surface area contributed by atoms with E-state index in [0.29, 0.717) is 11.3 Å². The molecule has 19 heavy (non-hydrogen) atoms. The molecule has 0 aliphatic carbocycles. The molecule has 1 atom stereocenters. The molecule has 1 saturated heterocycles. The van der Waals surface area contributed by atoms with Crippen LogP contribution in [0, 0.1) is 0 Å².